The number of unbranched alkanes of at least 4 members (excludes halogenated alkanes) is 4. The van der Waals surface area contributed by atoms with Gasteiger partial charge in [-0.05, 0) is 48.9 Å². The molecule has 0 atom stereocenters. The van der Waals surface area contributed by atoms with Gasteiger partial charge in [0.25, 0.3) is 5.91 Å². The first kappa shape index (κ1) is 19.5. The van der Waals surface area contributed by atoms with E-state index in [0.717, 1.165) is 12.2 Å². The summed E-state index contributed by atoms with van der Waals surface area (Å²) < 4.78 is 5.68. The molecule has 0 bridgehead atoms. The number of nitrogens with one attached hydrogen (secondary N) is 1. The number of carbonyl (C=O) groups excluding carboxylic acids is 1. The Morgan fingerprint density at radius 2 is 1.69 bits per heavy atom. The van der Waals surface area contributed by atoms with E-state index in [0.29, 0.717) is 17.9 Å². The second-order valence-electron chi connectivity index (χ2n) is 6.13. The van der Waals surface area contributed by atoms with Gasteiger partial charge in [0.15, 0.2) is 0 Å². The van der Waals surface area contributed by atoms with Crippen LogP contribution in [0.1, 0.15) is 59.7 Å². The Morgan fingerprint density at radius 1 is 0.962 bits per heavy atom. The maximum atomic E-state index is 12.3. The van der Waals surface area contributed by atoms with Gasteiger partial charge in [-0.3, -0.25) is 4.79 Å². The topological polar surface area (TPSA) is 75.6 Å². The van der Waals surface area contributed by atoms with Crippen LogP contribution in [0.4, 0.5) is 5.69 Å². The predicted molar refractivity (Wildman–Crippen MR) is 102 cm³/mol. The zero-order valence-corrected chi connectivity index (χ0v) is 15.0. The molecule has 2 rings (SSSR count). The molecule has 2 N–H and O–H groups in total. The van der Waals surface area contributed by atoms with Gasteiger partial charge < -0.3 is 15.2 Å². The molecule has 0 spiro atoms. The third-order valence-electron chi connectivity index (χ3n) is 4.00. The predicted octanol–water partition coefficient (Wildman–Crippen LogP) is 4.99. The van der Waals surface area contributed by atoms with Crippen molar-refractivity contribution >= 4 is 17.6 Å². The second-order valence-corrected chi connectivity index (χ2v) is 6.13. The average Bonchev–Trinajstić information content (AvgIpc) is 2.65. The molecule has 138 valence electrons. The van der Waals surface area contributed by atoms with Crippen LogP contribution in [0.25, 0.3) is 0 Å². The van der Waals surface area contributed by atoms with Crippen molar-refractivity contribution in [3.8, 4) is 5.75 Å². The van der Waals surface area contributed by atoms with Crippen LogP contribution < -0.4 is 10.1 Å². The van der Waals surface area contributed by atoms with E-state index in [2.05, 4.69) is 12.2 Å². The highest BCUT2D eigenvalue weighted by Gasteiger charge is 2.08. The van der Waals surface area contributed by atoms with E-state index in [1.165, 1.54) is 37.8 Å². The maximum Gasteiger partial charge on any atom is 0.335 e. The van der Waals surface area contributed by atoms with Crippen molar-refractivity contribution in [1.82, 2.24) is 0 Å². The van der Waals surface area contributed by atoms with Gasteiger partial charge in [-0.2, -0.15) is 0 Å². The monoisotopic (exact) mass is 355 g/mol. The van der Waals surface area contributed by atoms with E-state index >= 15 is 0 Å². The summed E-state index contributed by atoms with van der Waals surface area (Å²) in [5, 5.41) is 11.7. The summed E-state index contributed by atoms with van der Waals surface area (Å²) in [5.74, 6) is -0.583. The Kier molecular flexibility index (Phi) is 7.68. The molecule has 0 radical (unpaired) electrons. The third-order valence-corrected chi connectivity index (χ3v) is 4.00. The van der Waals surface area contributed by atoms with E-state index in [4.69, 9.17) is 9.84 Å². The molecular weight excluding hydrogens is 330 g/mol. The number of rotatable bonds is 10. The lowest BCUT2D eigenvalue weighted by Crippen LogP contribution is -2.12. The molecule has 5 nitrogen and oxygen atoms in total. The van der Waals surface area contributed by atoms with Crippen LogP contribution >= 0.6 is 0 Å². The molecule has 2 aromatic carbocycles. The number of hydrogen-bond donors (Lipinski definition) is 2. The molecule has 0 fully saturated rings. The summed E-state index contributed by atoms with van der Waals surface area (Å²) in [5.41, 5.74) is 1.06. The quantitative estimate of drug-likeness (QED) is 0.589. The van der Waals surface area contributed by atoms with Crippen LogP contribution in [-0.4, -0.2) is 23.6 Å². The number of amides is 1. The summed E-state index contributed by atoms with van der Waals surface area (Å²) in [6.07, 6.45) is 5.93. The fourth-order valence-electron chi connectivity index (χ4n) is 2.53. The molecule has 0 heterocycles. The van der Waals surface area contributed by atoms with Crippen molar-refractivity contribution < 1.29 is 19.4 Å². The molecule has 0 unspecified atom stereocenters. The number of ether oxygens (including phenoxy) is 1. The minimum absolute atomic E-state index is 0.130. The van der Waals surface area contributed by atoms with Crippen molar-refractivity contribution in [2.24, 2.45) is 0 Å². The highest BCUT2D eigenvalue weighted by molar-refractivity contribution is 6.04. The largest absolute Gasteiger partial charge is 0.494 e. The van der Waals surface area contributed by atoms with E-state index in [1.807, 2.05) is 0 Å². The smallest absolute Gasteiger partial charge is 0.335 e. The average molecular weight is 355 g/mol. The van der Waals surface area contributed by atoms with Crippen LogP contribution in [-0.2, 0) is 0 Å². The Hall–Kier alpha value is -2.82. The Bertz CT molecular complexity index is 725. The Morgan fingerprint density at radius 3 is 2.38 bits per heavy atom. The number of carboxylic acid groups (broad SMARTS) is 1. The molecule has 2 aromatic rings. The molecule has 0 aromatic heterocycles. The van der Waals surface area contributed by atoms with Gasteiger partial charge in [-0.1, -0.05) is 38.7 Å². The number of benzene rings is 2. The standard InChI is InChI=1S/C21H25NO4/c1-2-3-4-5-6-14-26-19-12-10-16(11-13-19)20(23)22-18-9-7-8-17(15-18)21(24)25/h7-13,15H,2-6,14H2,1H3,(H,22,23)(H,24,25). The number of carbonyl (C=O) groups is 2. The van der Waals surface area contributed by atoms with Crippen LogP contribution in [0.2, 0.25) is 0 Å². The summed E-state index contributed by atoms with van der Waals surface area (Å²) in [6.45, 7) is 2.87. The molecule has 0 aliphatic heterocycles. The van der Waals surface area contributed by atoms with Gasteiger partial charge in [0.05, 0.1) is 12.2 Å². The highest BCUT2D eigenvalue weighted by atomic mass is 16.5. The lowest BCUT2D eigenvalue weighted by molar-refractivity contribution is 0.0696. The van der Waals surface area contributed by atoms with E-state index < -0.39 is 5.97 Å². The summed E-state index contributed by atoms with van der Waals surface area (Å²) >= 11 is 0. The minimum Gasteiger partial charge on any atom is -0.494 e. The Labute approximate surface area is 154 Å². The third kappa shape index (κ3) is 6.24. The zero-order valence-electron chi connectivity index (χ0n) is 15.0. The molecule has 1 amide bonds. The SMILES string of the molecule is CCCCCCCOc1ccc(C(=O)Nc2cccc(C(=O)O)c2)cc1. The number of carboxylic acids is 1. The van der Waals surface area contributed by atoms with Crippen LogP contribution in [0.5, 0.6) is 5.75 Å². The molecule has 5 heteroatoms. The highest BCUT2D eigenvalue weighted by Crippen LogP contribution is 2.16. The van der Waals surface area contributed by atoms with E-state index in [1.54, 1.807) is 36.4 Å². The van der Waals surface area contributed by atoms with Gasteiger partial charge >= 0.3 is 5.97 Å². The molecule has 0 aliphatic rings. The maximum absolute atomic E-state index is 12.3. The first-order valence-electron chi connectivity index (χ1n) is 8.97. The molecule has 26 heavy (non-hydrogen) atoms. The number of anilines is 1. The van der Waals surface area contributed by atoms with Crippen molar-refractivity contribution in [1.29, 1.82) is 0 Å². The van der Waals surface area contributed by atoms with Crippen LogP contribution in [0, 0.1) is 0 Å². The lowest BCUT2D eigenvalue weighted by atomic mass is 10.1. The summed E-state index contributed by atoms with van der Waals surface area (Å²) in [4.78, 5) is 23.2. The molecule has 0 aliphatic carbocycles. The van der Waals surface area contributed by atoms with Gasteiger partial charge in [-0.15, -0.1) is 0 Å². The van der Waals surface area contributed by atoms with Crippen LogP contribution in [0.3, 0.4) is 0 Å². The molecular formula is C21H25NO4. The fraction of sp³-hybridized carbons (Fsp3) is 0.333. The van der Waals surface area contributed by atoms with Crippen molar-refractivity contribution in [3.05, 3.63) is 59.7 Å². The second kappa shape index (κ2) is 10.2. The van der Waals surface area contributed by atoms with Gasteiger partial charge in [0.2, 0.25) is 0 Å². The number of hydrogen-bond acceptors (Lipinski definition) is 3. The van der Waals surface area contributed by atoms with Crippen molar-refractivity contribution in [2.75, 3.05) is 11.9 Å². The van der Waals surface area contributed by atoms with E-state index in [-0.39, 0.29) is 11.5 Å². The van der Waals surface area contributed by atoms with Gasteiger partial charge in [0.1, 0.15) is 5.75 Å². The normalized spacial score (nSPS) is 10.3. The zero-order chi connectivity index (χ0) is 18.8. The summed E-state index contributed by atoms with van der Waals surface area (Å²) in [6, 6.07) is 13.1. The van der Waals surface area contributed by atoms with Gasteiger partial charge in [-0.25, -0.2) is 4.79 Å². The van der Waals surface area contributed by atoms with Crippen molar-refractivity contribution in [2.45, 2.75) is 39.0 Å². The lowest BCUT2D eigenvalue weighted by Gasteiger charge is -2.08. The summed E-state index contributed by atoms with van der Waals surface area (Å²) in [7, 11) is 0. The van der Waals surface area contributed by atoms with E-state index in [9.17, 15) is 9.59 Å². The molecule has 0 saturated carbocycles. The minimum atomic E-state index is -1.03. The first-order valence-corrected chi connectivity index (χ1v) is 8.97. The van der Waals surface area contributed by atoms with Crippen molar-refractivity contribution in [3.63, 3.8) is 0 Å². The number of aromatic carboxylic acids is 1. The van der Waals surface area contributed by atoms with Gasteiger partial charge in [0, 0.05) is 11.3 Å². The molecule has 0 saturated heterocycles. The fourth-order valence-corrected chi connectivity index (χ4v) is 2.53. The first-order chi connectivity index (χ1) is 12.6. The Balaban J connectivity index is 1.84. The van der Waals surface area contributed by atoms with Crippen LogP contribution in [0.15, 0.2) is 48.5 Å².